The van der Waals surface area contributed by atoms with E-state index < -0.39 is 0 Å². The maximum atomic E-state index is 12.6. The number of amides is 1. The second-order valence-corrected chi connectivity index (χ2v) is 7.79. The predicted octanol–water partition coefficient (Wildman–Crippen LogP) is 3.60. The number of rotatable bonds is 3. The number of carbonyl (C=O) groups is 1. The first-order valence-corrected chi connectivity index (χ1v) is 9.70. The van der Waals surface area contributed by atoms with Crippen LogP contribution in [0.1, 0.15) is 41.6 Å². The van der Waals surface area contributed by atoms with E-state index in [1.807, 2.05) is 17.0 Å². The highest BCUT2D eigenvalue weighted by atomic mass is 16.2. The van der Waals surface area contributed by atoms with Crippen molar-refractivity contribution >= 4 is 5.91 Å². The predicted molar refractivity (Wildman–Crippen MR) is 103 cm³/mol. The molecule has 0 radical (unpaired) electrons. The number of aromatic nitrogens is 1. The van der Waals surface area contributed by atoms with Gasteiger partial charge < -0.3 is 4.90 Å². The van der Waals surface area contributed by atoms with Gasteiger partial charge in [-0.05, 0) is 61.9 Å². The Morgan fingerprint density at radius 1 is 0.885 bits per heavy atom. The minimum Gasteiger partial charge on any atom is -0.339 e. The molecule has 2 aromatic rings. The van der Waals surface area contributed by atoms with Gasteiger partial charge in [0.1, 0.15) is 0 Å². The molecule has 0 bridgehead atoms. The van der Waals surface area contributed by atoms with Crippen molar-refractivity contribution in [2.45, 2.75) is 32.2 Å². The number of nitrogens with zero attached hydrogens (tertiary/aromatic N) is 3. The van der Waals surface area contributed by atoms with Gasteiger partial charge in [-0.15, -0.1) is 0 Å². The van der Waals surface area contributed by atoms with Crippen LogP contribution in [0.4, 0.5) is 0 Å². The van der Waals surface area contributed by atoms with Gasteiger partial charge >= 0.3 is 0 Å². The molecule has 4 nitrogen and oxygen atoms in total. The number of pyridine rings is 1. The minimum atomic E-state index is 0.156. The third-order valence-corrected chi connectivity index (χ3v) is 6.20. The molecular weight excluding hydrogens is 322 g/mol. The zero-order chi connectivity index (χ0) is 17.8. The summed E-state index contributed by atoms with van der Waals surface area (Å²) in [5.41, 5.74) is 2.61. The highest BCUT2D eigenvalue weighted by Crippen LogP contribution is 2.41. The molecule has 3 heterocycles. The Hall–Kier alpha value is -2.20. The van der Waals surface area contributed by atoms with Crippen molar-refractivity contribution in [1.29, 1.82) is 0 Å². The number of likely N-dealkylation sites (tertiary alicyclic amines) is 2. The zero-order valence-corrected chi connectivity index (χ0v) is 15.3. The molecule has 0 N–H and O–H groups in total. The van der Waals surface area contributed by atoms with E-state index >= 15 is 0 Å². The van der Waals surface area contributed by atoms with Gasteiger partial charge in [0.25, 0.3) is 5.91 Å². The highest BCUT2D eigenvalue weighted by Gasteiger charge is 2.38. The van der Waals surface area contributed by atoms with E-state index in [1.165, 1.54) is 31.5 Å². The maximum absolute atomic E-state index is 12.6. The molecule has 2 fully saturated rings. The normalized spacial score (nSPS) is 20.2. The summed E-state index contributed by atoms with van der Waals surface area (Å²) in [6.07, 6.45) is 8.20. The summed E-state index contributed by atoms with van der Waals surface area (Å²) in [7, 11) is 0. The van der Waals surface area contributed by atoms with E-state index in [1.54, 1.807) is 12.4 Å². The Morgan fingerprint density at radius 2 is 1.50 bits per heavy atom. The molecule has 0 unspecified atom stereocenters. The van der Waals surface area contributed by atoms with Crippen molar-refractivity contribution in [1.82, 2.24) is 14.8 Å². The Labute approximate surface area is 155 Å². The third-order valence-electron chi connectivity index (χ3n) is 6.20. The van der Waals surface area contributed by atoms with E-state index in [9.17, 15) is 4.79 Å². The van der Waals surface area contributed by atoms with Crippen molar-refractivity contribution in [3.05, 3.63) is 66.0 Å². The van der Waals surface area contributed by atoms with Crippen LogP contribution >= 0.6 is 0 Å². The topological polar surface area (TPSA) is 36.4 Å². The molecule has 1 aromatic carbocycles. The van der Waals surface area contributed by atoms with Crippen LogP contribution in [0.2, 0.25) is 0 Å². The molecule has 4 heteroatoms. The van der Waals surface area contributed by atoms with Crippen LogP contribution in [0, 0.1) is 5.41 Å². The molecule has 1 aromatic heterocycles. The molecule has 0 saturated carbocycles. The van der Waals surface area contributed by atoms with Crippen LogP contribution in [0.15, 0.2) is 54.9 Å². The summed E-state index contributed by atoms with van der Waals surface area (Å²) in [4.78, 5) is 21.2. The molecule has 0 aliphatic carbocycles. The maximum Gasteiger partial charge on any atom is 0.253 e. The fourth-order valence-corrected chi connectivity index (χ4v) is 4.39. The fourth-order valence-electron chi connectivity index (χ4n) is 4.39. The summed E-state index contributed by atoms with van der Waals surface area (Å²) >= 11 is 0. The second kappa shape index (κ2) is 7.58. The largest absolute Gasteiger partial charge is 0.339 e. The van der Waals surface area contributed by atoms with Gasteiger partial charge in [0.2, 0.25) is 0 Å². The molecule has 136 valence electrons. The van der Waals surface area contributed by atoms with Gasteiger partial charge in [0, 0.05) is 37.6 Å². The molecule has 2 aliphatic heterocycles. The average Bonchev–Trinajstić information content (AvgIpc) is 2.71. The molecule has 2 aliphatic rings. The molecule has 1 amide bonds. The molecule has 0 atom stereocenters. The van der Waals surface area contributed by atoms with Crippen LogP contribution in [0.25, 0.3) is 0 Å². The third kappa shape index (κ3) is 3.80. The van der Waals surface area contributed by atoms with Gasteiger partial charge in [-0.25, -0.2) is 0 Å². The Morgan fingerprint density at radius 3 is 2.15 bits per heavy atom. The van der Waals surface area contributed by atoms with Crippen LogP contribution in [-0.2, 0) is 6.54 Å². The highest BCUT2D eigenvalue weighted by molar-refractivity contribution is 5.94. The molecule has 2 saturated heterocycles. The lowest BCUT2D eigenvalue weighted by Crippen LogP contribution is -2.48. The number of hydrogen-bond donors (Lipinski definition) is 0. The lowest BCUT2D eigenvalue weighted by molar-refractivity contribution is 0.0285. The van der Waals surface area contributed by atoms with Crippen molar-refractivity contribution < 1.29 is 4.79 Å². The van der Waals surface area contributed by atoms with Gasteiger partial charge in [-0.2, -0.15) is 0 Å². The van der Waals surface area contributed by atoms with Crippen LogP contribution < -0.4 is 0 Å². The van der Waals surface area contributed by atoms with Crippen LogP contribution in [0.5, 0.6) is 0 Å². The Kier molecular flexibility index (Phi) is 5.02. The van der Waals surface area contributed by atoms with Gasteiger partial charge in [-0.3, -0.25) is 14.7 Å². The SMILES string of the molecule is O=C(c1ccncc1)N1CCC2(CCN(Cc3ccccc3)CC2)CC1. The van der Waals surface area contributed by atoms with Gasteiger partial charge in [-0.1, -0.05) is 30.3 Å². The standard InChI is InChI=1S/C22H27N3O/c26-21(20-6-12-23-13-7-20)25-16-10-22(11-17-25)8-14-24(15-9-22)18-19-4-2-1-3-5-19/h1-7,12-13H,8-11,14-18H2. The van der Waals surface area contributed by atoms with Crippen molar-refractivity contribution in [3.63, 3.8) is 0 Å². The minimum absolute atomic E-state index is 0.156. The van der Waals surface area contributed by atoms with E-state index in [0.29, 0.717) is 5.41 Å². The van der Waals surface area contributed by atoms with Crippen molar-refractivity contribution in [2.75, 3.05) is 26.2 Å². The van der Waals surface area contributed by atoms with E-state index in [2.05, 4.69) is 40.2 Å². The molecule has 26 heavy (non-hydrogen) atoms. The summed E-state index contributed by atoms with van der Waals surface area (Å²) in [6.45, 7) is 5.18. The van der Waals surface area contributed by atoms with Crippen molar-refractivity contribution in [3.8, 4) is 0 Å². The Bertz CT molecular complexity index is 714. The summed E-state index contributed by atoms with van der Waals surface area (Å²) in [6, 6.07) is 14.4. The van der Waals surface area contributed by atoms with Crippen LogP contribution in [-0.4, -0.2) is 46.9 Å². The fraction of sp³-hybridized carbons (Fsp3) is 0.455. The first-order chi connectivity index (χ1) is 12.7. The smallest absolute Gasteiger partial charge is 0.253 e. The number of benzene rings is 1. The van der Waals surface area contributed by atoms with Crippen molar-refractivity contribution in [2.24, 2.45) is 5.41 Å². The summed E-state index contributed by atoms with van der Waals surface area (Å²) in [5.74, 6) is 0.156. The molecular formula is C22H27N3O. The summed E-state index contributed by atoms with van der Waals surface area (Å²) < 4.78 is 0. The van der Waals surface area contributed by atoms with E-state index in [-0.39, 0.29) is 5.91 Å². The quantitative estimate of drug-likeness (QED) is 0.849. The van der Waals surface area contributed by atoms with E-state index in [0.717, 1.165) is 38.0 Å². The molecule has 4 rings (SSSR count). The second-order valence-electron chi connectivity index (χ2n) is 7.79. The first-order valence-electron chi connectivity index (χ1n) is 9.70. The van der Waals surface area contributed by atoms with Gasteiger partial charge in [0.15, 0.2) is 0 Å². The lowest BCUT2D eigenvalue weighted by atomic mass is 9.71. The average molecular weight is 349 g/mol. The first kappa shape index (κ1) is 17.2. The number of carbonyl (C=O) groups excluding carboxylic acids is 1. The van der Waals surface area contributed by atoms with Crippen LogP contribution in [0.3, 0.4) is 0 Å². The number of hydrogen-bond acceptors (Lipinski definition) is 3. The molecule has 1 spiro atoms. The zero-order valence-electron chi connectivity index (χ0n) is 15.3. The lowest BCUT2D eigenvalue weighted by Gasteiger charge is -2.47. The number of piperidine rings is 2. The Balaban J connectivity index is 1.29. The van der Waals surface area contributed by atoms with Gasteiger partial charge in [0.05, 0.1) is 0 Å². The monoisotopic (exact) mass is 349 g/mol. The van der Waals surface area contributed by atoms with E-state index in [4.69, 9.17) is 0 Å². The summed E-state index contributed by atoms with van der Waals surface area (Å²) in [5, 5.41) is 0.